The van der Waals surface area contributed by atoms with Gasteiger partial charge in [-0.25, -0.2) is 0 Å². The van der Waals surface area contributed by atoms with Crippen LogP contribution in [0.25, 0.3) is 0 Å². The van der Waals surface area contributed by atoms with E-state index in [9.17, 15) is 14.7 Å². The highest BCUT2D eigenvalue weighted by Crippen LogP contribution is 2.48. The Morgan fingerprint density at radius 2 is 1.79 bits per heavy atom. The van der Waals surface area contributed by atoms with Crippen molar-refractivity contribution in [3.63, 3.8) is 0 Å². The van der Waals surface area contributed by atoms with Crippen LogP contribution in [-0.4, -0.2) is 36.1 Å². The average Bonchev–Trinajstić information content (AvgIpc) is 3.31. The predicted molar refractivity (Wildman–Crippen MR) is 107 cm³/mol. The number of anilines is 2. The van der Waals surface area contributed by atoms with Crippen LogP contribution in [0.2, 0.25) is 0 Å². The minimum absolute atomic E-state index is 0.0620. The minimum Gasteiger partial charge on any atom is -0.511 e. The van der Waals surface area contributed by atoms with Gasteiger partial charge in [0.2, 0.25) is 0 Å². The molecule has 2 bridgehead atoms. The molecule has 4 atom stereocenters. The number of rotatable bonds is 3. The lowest BCUT2D eigenvalue weighted by atomic mass is 9.82. The molecule has 1 aromatic carbocycles. The van der Waals surface area contributed by atoms with Gasteiger partial charge in [0, 0.05) is 36.4 Å². The molecule has 1 saturated heterocycles. The van der Waals surface area contributed by atoms with E-state index in [-0.39, 0.29) is 35.1 Å². The molecule has 5 rings (SSSR count). The van der Waals surface area contributed by atoms with Gasteiger partial charge in [-0.2, -0.15) is 0 Å². The summed E-state index contributed by atoms with van der Waals surface area (Å²) in [5.74, 6) is -0.828. The van der Waals surface area contributed by atoms with Gasteiger partial charge in [0.05, 0.1) is 0 Å². The number of carbonyl (C=O) groups excluding carboxylic acids is 2. The highest BCUT2D eigenvalue weighted by Gasteiger charge is 2.51. The number of allylic oxidation sites excluding steroid dienone is 1. The molecule has 146 valence electrons. The van der Waals surface area contributed by atoms with Crippen LogP contribution in [0, 0.1) is 17.8 Å². The number of amides is 2. The predicted octanol–water partition coefficient (Wildman–Crippen LogP) is 2.75. The molecule has 2 aliphatic heterocycles. The van der Waals surface area contributed by atoms with Gasteiger partial charge in [-0.05, 0) is 61.8 Å². The second kappa shape index (κ2) is 6.69. The van der Waals surface area contributed by atoms with E-state index in [4.69, 9.17) is 0 Å². The van der Waals surface area contributed by atoms with Crippen molar-refractivity contribution in [2.24, 2.45) is 17.8 Å². The van der Waals surface area contributed by atoms with Crippen LogP contribution in [0.4, 0.5) is 11.4 Å². The Morgan fingerprint density at radius 3 is 2.54 bits per heavy atom. The number of nitrogens with zero attached hydrogens (tertiary/aromatic N) is 1. The first-order valence-electron chi connectivity index (χ1n) is 10.2. The fraction of sp³-hybridized carbons (Fsp3) is 0.455. The first-order chi connectivity index (χ1) is 13.6. The zero-order valence-electron chi connectivity index (χ0n) is 15.7. The molecule has 0 aromatic heterocycles. The molecule has 1 aromatic rings. The average molecular weight is 379 g/mol. The van der Waals surface area contributed by atoms with Crippen molar-refractivity contribution >= 4 is 23.2 Å². The highest BCUT2D eigenvalue weighted by molar-refractivity contribution is 6.23. The number of benzene rings is 1. The zero-order chi connectivity index (χ0) is 19.3. The fourth-order valence-electron chi connectivity index (χ4n) is 5.22. The number of nitrogens with one attached hydrogen (secondary N) is 2. The summed E-state index contributed by atoms with van der Waals surface area (Å²) in [6.07, 6.45) is 8.82. The standard InChI is InChI=1S/C22H25N3O3/c26-20-17-13-4-5-14(12-13)19(17)24-22(28)18(20)21(27)23-15-6-8-16(9-7-15)25-10-2-1-3-11-25/h4-9,13-14,17,19,26H,1-3,10-12H2,(H,23,27)(H,24,28)/t13-,14+,17+,19-/m1/s1. The second-order valence-electron chi connectivity index (χ2n) is 8.28. The largest absolute Gasteiger partial charge is 0.511 e. The molecule has 0 spiro atoms. The summed E-state index contributed by atoms with van der Waals surface area (Å²) in [5, 5.41) is 16.4. The molecule has 1 saturated carbocycles. The summed E-state index contributed by atoms with van der Waals surface area (Å²) in [7, 11) is 0. The van der Waals surface area contributed by atoms with Crippen molar-refractivity contribution in [2.75, 3.05) is 23.3 Å². The van der Waals surface area contributed by atoms with Crippen molar-refractivity contribution in [1.29, 1.82) is 0 Å². The van der Waals surface area contributed by atoms with E-state index in [0.717, 1.165) is 25.2 Å². The minimum atomic E-state index is -0.550. The Balaban J connectivity index is 1.33. The molecule has 6 heteroatoms. The van der Waals surface area contributed by atoms with E-state index in [0.29, 0.717) is 5.69 Å². The van der Waals surface area contributed by atoms with Gasteiger partial charge in [-0.1, -0.05) is 12.2 Å². The molecule has 0 radical (unpaired) electrons. The van der Waals surface area contributed by atoms with Gasteiger partial charge in [0.25, 0.3) is 11.8 Å². The lowest BCUT2D eigenvalue weighted by Crippen LogP contribution is -2.50. The first-order valence-corrected chi connectivity index (χ1v) is 10.2. The third kappa shape index (κ3) is 2.79. The van der Waals surface area contributed by atoms with Gasteiger partial charge in [-0.3, -0.25) is 9.59 Å². The van der Waals surface area contributed by atoms with Crippen molar-refractivity contribution in [2.45, 2.75) is 31.7 Å². The van der Waals surface area contributed by atoms with Gasteiger partial charge in [-0.15, -0.1) is 0 Å². The number of fused-ring (bicyclic) bond motifs is 5. The number of aliphatic hydroxyl groups excluding tert-OH is 1. The highest BCUT2D eigenvalue weighted by atomic mass is 16.3. The maximum atomic E-state index is 12.8. The van der Waals surface area contributed by atoms with Gasteiger partial charge >= 0.3 is 0 Å². The van der Waals surface area contributed by atoms with Crippen molar-refractivity contribution in [3.8, 4) is 0 Å². The van der Waals surface area contributed by atoms with E-state index in [2.05, 4.69) is 27.7 Å². The third-order valence-electron chi connectivity index (χ3n) is 6.63. The molecule has 2 heterocycles. The number of aliphatic hydroxyl groups is 1. The molecule has 3 N–H and O–H groups in total. The maximum absolute atomic E-state index is 12.8. The quantitative estimate of drug-likeness (QED) is 0.557. The molecule has 28 heavy (non-hydrogen) atoms. The second-order valence-corrected chi connectivity index (χ2v) is 8.28. The van der Waals surface area contributed by atoms with Crippen LogP contribution < -0.4 is 15.5 Å². The fourth-order valence-corrected chi connectivity index (χ4v) is 5.22. The molecule has 0 unspecified atom stereocenters. The van der Waals surface area contributed by atoms with E-state index < -0.39 is 11.8 Å². The van der Waals surface area contributed by atoms with E-state index in [1.54, 1.807) is 0 Å². The summed E-state index contributed by atoms with van der Waals surface area (Å²) in [6, 6.07) is 7.59. The number of hydrogen-bond acceptors (Lipinski definition) is 4. The first kappa shape index (κ1) is 17.3. The van der Waals surface area contributed by atoms with Gasteiger partial charge < -0.3 is 20.6 Å². The topological polar surface area (TPSA) is 81.7 Å². The summed E-state index contributed by atoms with van der Waals surface area (Å²) in [4.78, 5) is 27.6. The smallest absolute Gasteiger partial charge is 0.264 e. The number of carbonyl (C=O) groups is 2. The Hall–Kier alpha value is -2.76. The SMILES string of the molecule is O=C(Nc1ccc(N2CCCCC2)cc1)C1=C(O)[C@@H]2[C@H](NC1=O)[C@H]1C=C[C@@H]2C1. The van der Waals surface area contributed by atoms with Crippen LogP contribution in [0.5, 0.6) is 0 Å². The number of piperidine rings is 1. The van der Waals surface area contributed by atoms with E-state index in [1.165, 1.54) is 19.3 Å². The van der Waals surface area contributed by atoms with Crippen molar-refractivity contribution in [3.05, 3.63) is 47.7 Å². The Labute approximate surface area is 164 Å². The van der Waals surface area contributed by atoms with E-state index >= 15 is 0 Å². The van der Waals surface area contributed by atoms with Crippen LogP contribution >= 0.6 is 0 Å². The number of hydrogen-bond donors (Lipinski definition) is 3. The summed E-state index contributed by atoms with van der Waals surface area (Å²) >= 11 is 0. The molecule has 2 amide bonds. The van der Waals surface area contributed by atoms with Gasteiger partial charge in [0.1, 0.15) is 11.3 Å². The molecule has 2 fully saturated rings. The van der Waals surface area contributed by atoms with Crippen LogP contribution in [0.3, 0.4) is 0 Å². The molecular weight excluding hydrogens is 354 g/mol. The van der Waals surface area contributed by atoms with E-state index in [1.807, 2.05) is 24.3 Å². The molecule has 4 aliphatic rings. The lowest BCUT2D eigenvalue weighted by Gasteiger charge is -2.33. The Morgan fingerprint density at radius 1 is 1.07 bits per heavy atom. The molecule has 6 nitrogen and oxygen atoms in total. The van der Waals surface area contributed by atoms with Crippen molar-refractivity contribution in [1.82, 2.24) is 5.32 Å². The summed E-state index contributed by atoms with van der Waals surface area (Å²) in [5.41, 5.74) is 1.61. The Kier molecular flexibility index (Phi) is 4.14. The summed E-state index contributed by atoms with van der Waals surface area (Å²) < 4.78 is 0. The lowest BCUT2D eigenvalue weighted by molar-refractivity contribution is -0.123. The van der Waals surface area contributed by atoms with Crippen LogP contribution in [0.15, 0.2) is 47.7 Å². The van der Waals surface area contributed by atoms with Gasteiger partial charge in [0.15, 0.2) is 0 Å². The maximum Gasteiger partial charge on any atom is 0.264 e. The van der Waals surface area contributed by atoms with Crippen LogP contribution in [-0.2, 0) is 9.59 Å². The normalized spacial score (nSPS) is 31.0. The summed E-state index contributed by atoms with van der Waals surface area (Å²) in [6.45, 7) is 2.12. The van der Waals surface area contributed by atoms with Crippen LogP contribution in [0.1, 0.15) is 25.7 Å². The molecular formula is C22H25N3O3. The molecule has 2 aliphatic carbocycles. The zero-order valence-corrected chi connectivity index (χ0v) is 15.7. The monoisotopic (exact) mass is 379 g/mol. The van der Waals surface area contributed by atoms with Crippen molar-refractivity contribution < 1.29 is 14.7 Å². The Bertz CT molecular complexity index is 868. The third-order valence-corrected chi connectivity index (χ3v) is 6.63.